The minimum Gasteiger partial charge on any atom is -0.320 e. The number of urea groups is 2. The van der Waals surface area contributed by atoms with Crippen LogP contribution < -0.4 is 15.5 Å². The van der Waals surface area contributed by atoms with Crippen molar-refractivity contribution >= 4 is 29.1 Å². The third-order valence-electron chi connectivity index (χ3n) is 5.43. The van der Waals surface area contributed by atoms with Gasteiger partial charge in [-0.3, -0.25) is 4.90 Å². The lowest BCUT2D eigenvalue weighted by molar-refractivity contribution is 0.192. The van der Waals surface area contributed by atoms with Gasteiger partial charge in [0, 0.05) is 36.7 Å². The molecule has 164 valence electrons. The van der Waals surface area contributed by atoms with Gasteiger partial charge in [-0.2, -0.15) is 0 Å². The Morgan fingerprint density at radius 1 is 0.844 bits per heavy atom. The van der Waals surface area contributed by atoms with Crippen LogP contribution in [0.4, 0.5) is 26.7 Å². The number of aryl methyl sites for hydroxylation is 2. The van der Waals surface area contributed by atoms with Gasteiger partial charge in [0.05, 0.1) is 0 Å². The Hall–Kier alpha value is -3.80. The number of rotatable bonds is 5. The molecule has 1 heterocycles. The van der Waals surface area contributed by atoms with E-state index < -0.39 is 0 Å². The van der Waals surface area contributed by atoms with Gasteiger partial charge in [-0.15, -0.1) is 0 Å². The normalized spacial score (nSPS) is 13.8. The molecule has 0 radical (unpaired) electrons. The molecule has 0 aliphatic carbocycles. The Balaban J connectivity index is 1.39. The average molecular weight is 429 g/mol. The van der Waals surface area contributed by atoms with Crippen molar-refractivity contribution in [3.63, 3.8) is 0 Å². The standard InChI is InChI=1S/C26H28N4O2/c1-19-15-20(2)17-21(16-19)18-29-13-6-14-30(26(29)32)24-11-9-23(10-12-24)28-25(31)27-22-7-4-3-5-8-22/h3-5,7-12,15-17H,6,13-14,18H2,1-2H3,(H2,27,28,31). The minimum atomic E-state index is -0.308. The first-order valence-electron chi connectivity index (χ1n) is 10.8. The fraction of sp³-hybridized carbons (Fsp3) is 0.231. The highest BCUT2D eigenvalue weighted by atomic mass is 16.2. The molecule has 3 aromatic carbocycles. The minimum absolute atomic E-state index is 0.0120. The maximum atomic E-state index is 13.1. The van der Waals surface area contributed by atoms with Gasteiger partial charge in [-0.1, -0.05) is 47.5 Å². The van der Waals surface area contributed by atoms with Crippen LogP contribution in [0.5, 0.6) is 0 Å². The monoisotopic (exact) mass is 428 g/mol. The number of amides is 4. The summed E-state index contributed by atoms with van der Waals surface area (Å²) >= 11 is 0. The first-order chi connectivity index (χ1) is 15.5. The zero-order valence-corrected chi connectivity index (χ0v) is 18.5. The van der Waals surface area contributed by atoms with Crippen LogP contribution in [0.15, 0.2) is 72.8 Å². The molecule has 1 aliphatic heterocycles. The Kier molecular flexibility index (Phi) is 6.40. The number of hydrogen-bond acceptors (Lipinski definition) is 2. The molecule has 0 aromatic heterocycles. The maximum Gasteiger partial charge on any atom is 0.324 e. The molecule has 1 aliphatic rings. The number of nitrogens with zero attached hydrogens (tertiary/aromatic N) is 2. The second-order valence-corrected chi connectivity index (χ2v) is 8.20. The van der Waals surface area contributed by atoms with Crippen molar-refractivity contribution in [2.45, 2.75) is 26.8 Å². The van der Waals surface area contributed by atoms with Crippen molar-refractivity contribution in [1.29, 1.82) is 0 Å². The van der Waals surface area contributed by atoms with Crippen molar-refractivity contribution < 1.29 is 9.59 Å². The van der Waals surface area contributed by atoms with Crippen molar-refractivity contribution in [2.24, 2.45) is 0 Å². The van der Waals surface area contributed by atoms with Crippen LogP contribution in [0, 0.1) is 13.8 Å². The molecule has 0 saturated carbocycles. The molecular weight excluding hydrogens is 400 g/mol. The summed E-state index contributed by atoms with van der Waals surface area (Å²) in [6.07, 6.45) is 0.913. The third kappa shape index (κ3) is 5.27. The second kappa shape index (κ2) is 9.56. The van der Waals surface area contributed by atoms with Crippen molar-refractivity contribution in [3.8, 4) is 0 Å². The molecule has 6 nitrogen and oxygen atoms in total. The van der Waals surface area contributed by atoms with Gasteiger partial charge >= 0.3 is 12.1 Å². The highest BCUT2D eigenvalue weighted by Crippen LogP contribution is 2.24. The molecule has 4 amide bonds. The summed E-state index contributed by atoms with van der Waals surface area (Å²) in [5.74, 6) is 0. The molecule has 1 fully saturated rings. The van der Waals surface area contributed by atoms with Gasteiger partial charge < -0.3 is 15.5 Å². The van der Waals surface area contributed by atoms with Crippen LogP contribution in [0.3, 0.4) is 0 Å². The summed E-state index contributed by atoms with van der Waals surface area (Å²) in [6.45, 7) is 6.20. The highest BCUT2D eigenvalue weighted by molar-refractivity contribution is 6.00. The number of carbonyl (C=O) groups is 2. The van der Waals surface area contributed by atoms with Gasteiger partial charge in [0.25, 0.3) is 0 Å². The largest absolute Gasteiger partial charge is 0.324 e. The van der Waals surface area contributed by atoms with Gasteiger partial charge in [-0.25, -0.2) is 9.59 Å². The molecule has 0 spiro atoms. The summed E-state index contributed by atoms with van der Waals surface area (Å²) in [5, 5.41) is 5.61. The predicted molar refractivity (Wildman–Crippen MR) is 129 cm³/mol. The van der Waals surface area contributed by atoms with Crippen LogP contribution in [-0.2, 0) is 6.54 Å². The summed E-state index contributed by atoms with van der Waals surface area (Å²) in [4.78, 5) is 29.0. The van der Waals surface area contributed by atoms with E-state index in [0.29, 0.717) is 18.8 Å². The maximum absolute atomic E-state index is 13.1. The first-order valence-corrected chi connectivity index (χ1v) is 10.8. The zero-order chi connectivity index (χ0) is 22.5. The van der Waals surface area contributed by atoms with E-state index in [1.54, 1.807) is 4.90 Å². The fourth-order valence-corrected chi connectivity index (χ4v) is 4.09. The van der Waals surface area contributed by atoms with Crippen molar-refractivity contribution in [1.82, 2.24) is 4.90 Å². The SMILES string of the molecule is Cc1cc(C)cc(CN2CCCN(c3ccc(NC(=O)Nc4ccccc4)cc3)C2=O)c1. The van der Waals surface area contributed by atoms with E-state index >= 15 is 0 Å². The van der Waals surface area contributed by atoms with Gasteiger partial charge in [0.15, 0.2) is 0 Å². The van der Waals surface area contributed by atoms with E-state index in [4.69, 9.17) is 0 Å². The number of para-hydroxylation sites is 1. The van der Waals surface area contributed by atoms with Gasteiger partial charge in [0.2, 0.25) is 0 Å². The Morgan fingerprint density at radius 2 is 1.47 bits per heavy atom. The van der Waals surface area contributed by atoms with Crippen LogP contribution in [0.1, 0.15) is 23.1 Å². The average Bonchev–Trinajstić information content (AvgIpc) is 2.76. The Bertz CT molecular complexity index is 1080. The van der Waals surface area contributed by atoms with Crippen LogP contribution >= 0.6 is 0 Å². The number of anilines is 3. The quantitative estimate of drug-likeness (QED) is 0.541. The van der Waals surface area contributed by atoms with Crippen molar-refractivity contribution in [2.75, 3.05) is 28.6 Å². The molecule has 3 aromatic rings. The van der Waals surface area contributed by atoms with E-state index in [0.717, 1.165) is 29.9 Å². The van der Waals surface area contributed by atoms with Gasteiger partial charge in [0.1, 0.15) is 0 Å². The molecule has 0 atom stereocenters. The summed E-state index contributed by atoms with van der Waals surface area (Å²) in [7, 11) is 0. The Morgan fingerprint density at radius 3 is 2.12 bits per heavy atom. The van der Waals surface area contributed by atoms with E-state index in [9.17, 15) is 9.59 Å². The molecule has 32 heavy (non-hydrogen) atoms. The fourth-order valence-electron chi connectivity index (χ4n) is 4.09. The van der Waals surface area contributed by atoms with Crippen LogP contribution in [0.2, 0.25) is 0 Å². The van der Waals surface area contributed by atoms with E-state index in [2.05, 4.69) is 42.7 Å². The van der Waals surface area contributed by atoms with Crippen LogP contribution in [0.25, 0.3) is 0 Å². The number of carbonyl (C=O) groups excluding carboxylic acids is 2. The molecule has 0 unspecified atom stereocenters. The molecular formula is C26H28N4O2. The summed E-state index contributed by atoms with van der Waals surface area (Å²) < 4.78 is 0. The smallest absolute Gasteiger partial charge is 0.320 e. The number of hydrogen-bond donors (Lipinski definition) is 2. The second-order valence-electron chi connectivity index (χ2n) is 8.20. The summed E-state index contributed by atoms with van der Waals surface area (Å²) in [6, 6.07) is 22.8. The van der Waals surface area contributed by atoms with Crippen molar-refractivity contribution in [3.05, 3.63) is 89.5 Å². The molecule has 1 saturated heterocycles. The Labute approximate surface area is 188 Å². The predicted octanol–water partition coefficient (Wildman–Crippen LogP) is 5.78. The lowest BCUT2D eigenvalue weighted by atomic mass is 10.1. The third-order valence-corrected chi connectivity index (χ3v) is 5.43. The van der Waals surface area contributed by atoms with E-state index in [1.165, 1.54) is 11.1 Å². The van der Waals surface area contributed by atoms with Crippen LogP contribution in [-0.4, -0.2) is 30.1 Å². The zero-order valence-electron chi connectivity index (χ0n) is 18.5. The molecule has 2 N–H and O–H groups in total. The first kappa shape index (κ1) is 21.4. The van der Waals surface area contributed by atoms with Gasteiger partial charge in [-0.05, 0) is 62.2 Å². The lowest BCUT2D eigenvalue weighted by Gasteiger charge is -2.36. The van der Waals surface area contributed by atoms with E-state index in [-0.39, 0.29) is 12.1 Å². The lowest BCUT2D eigenvalue weighted by Crippen LogP contribution is -2.49. The molecule has 4 rings (SSSR count). The molecule has 6 heteroatoms. The highest BCUT2D eigenvalue weighted by Gasteiger charge is 2.26. The van der Waals surface area contributed by atoms with E-state index in [1.807, 2.05) is 59.5 Å². The topological polar surface area (TPSA) is 64.7 Å². The molecule has 0 bridgehead atoms. The summed E-state index contributed by atoms with van der Waals surface area (Å²) in [5.41, 5.74) is 5.79. The number of benzene rings is 3. The number of nitrogens with one attached hydrogen (secondary N) is 2.